The molecule has 18 heavy (non-hydrogen) atoms. The molecule has 0 aliphatic heterocycles. The number of nitrogens with zero attached hydrogens (tertiary/aromatic N) is 2. The molecular weight excluding hydrogens is 232 g/mol. The van der Waals surface area contributed by atoms with Crippen LogP contribution in [-0.2, 0) is 4.79 Å². The van der Waals surface area contributed by atoms with Crippen LogP contribution < -0.4 is 0 Å². The molecule has 1 aliphatic carbocycles. The molecule has 1 fully saturated rings. The molecule has 0 saturated heterocycles. The Bertz CT molecular complexity index is 330. The Balaban J connectivity index is 2.47. The zero-order chi connectivity index (χ0) is 13.8. The molecule has 0 spiro atoms. The van der Waals surface area contributed by atoms with Gasteiger partial charge in [-0.05, 0) is 39.7 Å². The third-order valence-electron chi connectivity index (χ3n) is 3.95. The lowest BCUT2D eigenvalue weighted by molar-refractivity contribution is -0.145. The molecule has 0 bridgehead atoms. The normalized spacial score (nSPS) is 29.8. The summed E-state index contributed by atoms with van der Waals surface area (Å²) in [5.74, 6) is -1.07. The summed E-state index contributed by atoms with van der Waals surface area (Å²) in [6, 6.07) is 2.23. The summed E-state index contributed by atoms with van der Waals surface area (Å²) in [6.07, 6.45) is 2.55. The minimum absolute atomic E-state index is 0.108. The lowest BCUT2D eigenvalue weighted by atomic mass is 9.78. The first kappa shape index (κ1) is 14.9. The number of carbonyl (C=O) groups is 1. The van der Waals surface area contributed by atoms with Crippen molar-refractivity contribution in [3.63, 3.8) is 0 Å². The van der Waals surface area contributed by atoms with Gasteiger partial charge < -0.3 is 10.2 Å². The van der Waals surface area contributed by atoms with Gasteiger partial charge in [0.25, 0.3) is 0 Å². The molecular formula is C13H22N2O3. The van der Waals surface area contributed by atoms with Crippen molar-refractivity contribution in [3.05, 3.63) is 0 Å². The molecule has 0 aromatic rings. The van der Waals surface area contributed by atoms with Gasteiger partial charge in [-0.15, -0.1) is 0 Å². The van der Waals surface area contributed by atoms with Crippen molar-refractivity contribution in [1.82, 2.24) is 4.90 Å². The second-order valence-corrected chi connectivity index (χ2v) is 5.46. The smallest absolute Gasteiger partial charge is 0.306 e. The van der Waals surface area contributed by atoms with Gasteiger partial charge >= 0.3 is 5.97 Å². The van der Waals surface area contributed by atoms with Crippen molar-refractivity contribution in [2.75, 3.05) is 13.6 Å². The van der Waals surface area contributed by atoms with E-state index in [1.807, 2.05) is 18.9 Å². The maximum Gasteiger partial charge on any atom is 0.306 e. The molecule has 1 rings (SSSR count). The van der Waals surface area contributed by atoms with Gasteiger partial charge in [-0.2, -0.15) is 5.26 Å². The van der Waals surface area contributed by atoms with Crippen LogP contribution >= 0.6 is 0 Å². The number of aliphatic carboxylic acids is 1. The number of hydrogen-bond acceptors (Lipinski definition) is 4. The summed E-state index contributed by atoms with van der Waals surface area (Å²) < 4.78 is 0. The Morgan fingerprint density at radius 1 is 1.56 bits per heavy atom. The molecule has 102 valence electrons. The van der Waals surface area contributed by atoms with Gasteiger partial charge in [-0.25, -0.2) is 0 Å². The van der Waals surface area contributed by atoms with Crippen molar-refractivity contribution in [2.24, 2.45) is 5.92 Å². The van der Waals surface area contributed by atoms with E-state index in [0.29, 0.717) is 38.6 Å². The number of aliphatic hydroxyl groups is 1. The molecule has 5 heteroatoms. The first-order chi connectivity index (χ1) is 8.38. The Kier molecular flexibility index (Phi) is 5.12. The van der Waals surface area contributed by atoms with E-state index in [1.54, 1.807) is 0 Å². The van der Waals surface area contributed by atoms with Crippen LogP contribution in [-0.4, -0.2) is 46.3 Å². The third kappa shape index (κ3) is 3.97. The highest BCUT2D eigenvalue weighted by Gasteiger charge is 2.36. The van der Waals surface area contributed by atoms with Crippen LogP contribution in [0.3, 0.4) is 0 Å². The predicted molar refractivity (Wildman–Crippen MR) is 66.9 cm³/mol. The zero-order valence-corrected chi connectivity index (χ0v) is 11.1. The SMILES string of the molecule is CC(CC#N)N(C)CC1(O)CCC(C(=O)O)CC1. The van der Waals surface area contributed by atoms with E-state index in [2.05, 4.69) is 6.07 Å². The average molecular weight is 254 g/mol. The van der Waals surface area contributed by atoms with Crippen LogP contribution in [0.4, 0.5) is 0 Å². The molecule has 0 aromatic carbocycles. The first-order valence-corrected chi connectivity index (χ1v) is 6.40. The van der Waals surface area contributed by atoms with Crippen molar-refractivity contribution < 1.29 is 15.0 Å². The molecule has 0 radical (unpaired) electrons. The predicted octanol–water partition coefficient (Wildman–Crippen LogP) is 1.23. The molecule has 5 nitrogen and oxygen atoms in total. The largest absolute Gasteiger partial charge is 0.481 e. The highest BCUT2D eigenvalue weighted by Crippen LogP contribution is 2.33. The maximum atomic E-state index is 10.9. The average Bonchev–Trinajstić information content (AvgIpc) is 2.29. The topological polar surface area (TPSA) is 84.6 Å². The van der Waals surface area contributed by atoms with Crippen LogP contribution in [0.25, 0.3) is 0 Å². The van der Waals surface area contributed by atoms with E-state index in [0.717, 1.165) is 0 Å². The summed E-state index contributed by atoms with van der Waals surface area (Å²) in [6.45, 7) is 2.46. The van der Waals surface area contributed by atoms with Gasteiger partial charge in [-0.3, -0.25) is 9.69 Å². The molecule has 0 aromatic heterocycles. The van der Waals surface area contributed by atoms with E-state index < -0.39 is 11.6 Å². The lowest BCUT2D eigenvalue weighted by Crippen LogP contribution is -2.47. The standard InChI is InChI=1S/C13H22N2O3/c1-10(5-8-14)15(2)9-13(18)6-3-11(4-7-13)12(16)17/h10-11,18H,3-7,9H2,1-2H3,(H,16,17). The molecule has 1 saturated carbocycles. The van der Waals surface area contributed by atoms with Crippen LogP contribution in [0, 0.1) is 17.2 Å². The second kappa shape index (κ2) is 6.17. The minimum atomic E-state index is -0.801. The van der Waals surface area contributed by atoms with Crippen molar-refractivity contribution in [1.29, 1.82) is 5.26 Å². The number of likely N-dealkylation sites (N-methyl/N-ethyl adjacent to an activating group) is 1. The van der Waals surface area contributed by atoms with Gasteiger partial charge in [0.1, 0.15) is 0 Å². The van der Waals surface area contributed by atoms with Crippen molar-refractivity contribution in [2.45, 2.75) is 50.7 Å². The van der Waals surface area contributed by atoms with Gasteiger partial charge in [0, 0.05) is 12.6 Å². The van der Waals surface area contributed by atoms with Gasteiger partial charge in [0.15, 0.2) is 0 Å². The van der Waals surface area contributed by atoms with E-state index in [9.17, 15) is 9.90 Å². The van der Waals surface area contributed by atoms with Gasteiger partial charge in [0.2, 0.25) is 0 Å². The molecule has 1 atom stereocenters. The number of carboxylic acid groups (broad SMARTS) is 1. The number of rotatable bonds is 5. The second-order valence-electron chi connectivity index (χ2n) is 5.46. The summed E-state index contributed by atoms with van der Waals surface area (Å²) in [5.41, 5.74) is -0.801. The third-order valence-corrected chi connectivity index (χ3v) is 3.95. The van der Waals surface area contributed by atoms with E-state index in [1.165, 1.54) is 0 Å². The summed E-state index contributed by atoms with van der Waals surface area (Å²) >= 11 is 0. The summed E-state index contributed by atoms with van der Waals surface area (Å²) in [7, 11) is 1.89. The zero-order valence-electron chi connectivity index (χ0n) is 11.1. The maximum absolute atomic E-state index is 10.9. The molecule has 2 N–H and O–H groups in total. The Morgan fingerprint density at radius 3 is 2.56 bits per heavy atom. The fraction of sp³-hybridized carbons (Fsp3) is 0.846. The molecule has 1 unspecified atom stereocenters. The highest BCUT2D eigenvalue weighted by atomic mass is 16.4. The van der Waals surface area contributed by atoms with E-state index >= 15 is 0 Å². The van der Waals surface area contributed by atoms with Gasteiger partial charge in [0.05, 0.1) is 24.0 Å². The Morgan fingerprint density at radius 2 is 2.11 bits per heavy atom. The number of hydrogen-bond donors (Lipinski definition) is 2. The fourth-order valence-corrected chi connectivity index (χ4v) is 2.47. The molecule has 1 aliphatic rings. The monoisotopic (exact) mass is 254 g/mol. The van der Waals surface area contributed by atoms with Crippen LogP contribution in [0.1, 0.15) is 39.0 Å². The van der Waals surface area contributed by atoms with Crippen LogP contribution in [0.2, 0.25) is 0 Å². The van der Waals surface area contributed by atoms with E-state index in [4.69, 9.17) is 10.4 Å². The summed E-state index contributed by atoms with van der Waals surface area (Å²) in [4.78, 5) is 12.8. The van der Waals surface area contributed by atoms with Crippen molar-refractivity contribution in [3.8, 4) is 6.07 Å². The molecule has 0 heterocycles. The number of nitriles is 1. The highest BCUT2D eigenvalue weighted by molar-refractivity contribution is 5.70. The number of carboxylic acids is 1. The van der Waals surface area contributed by atoms with Crippen LogP contribution in [0.5, 0.6) is 0 Å². The molecule has 0 amide bonds. The Hall–Kier alpha value is -1.12. The van der Waals surface area contributed by atoms with Gasteiger partial charge in [-0.1, -0.05) is 0 Å². The quantitative estimate of drug-likeness (QED) is 0.770. The van der Waals surface area contributed by atoms with E-state index in [-0.39, 0.29) is 12.0 Å². The lowest BCUT2D eigenvalue weighted by Gasteiger charge is -2.38. The summed E-state index contributed by atoms with van der Waals surface area (Å²) in [5, 5.41) is 28.0. The fourth-order valence-electron chi connectivity index (χ4n) is 2.47. The first-order valence-electron chi connectivity index (χ1n) is 6.40. The van der Waals surface area contributed by atoms with Crippen LogP contribution in [0.15, 0.2) is 0 Å². The minimum Gasteiger partial charge on any atom is -0.481 e. The van der Waals surface area contributed by atoms with Crippen molar-refractivity contribution >= 4 is 5.97 Å². The Labute approximate surface area is 108 Å².